The van der Waals surface area contributed by atoms with Crippen molar-refractivity contribution in [3.63, 3.8) is 0 Å². The number of rotatable bonds is 9. The minimum atomic E-state index is -0.197. The van der Waals surface area contributed by atoms with Crippen LogP contribution in [0.4, 0.5) is 17.1 Å². The average molecular weight is 529 g/mol. The zero-order valence-corrected chi connectivity index (χ0v) is 25.4. The Balaban J connectivity index is 1.86. The minimum absolute atomic E-state index is 0.0838. The summed E-state index contributed by atoms with van der Waals surface area (Å²) in [6.45, 7) is 19.3. The van der Waals surface area contributed by atoms with E-state index < -0.39 is 0 Å². The van der Waals surface area contributed by atoms with Crippen molar-refractivity contribution in [3.8, 4) is 5.75 Å². The van der Waals surface area contributed by atoms with Gasteiger partial charge in [-0.05, 0) is 89.6 Å². The zero-order chi connectivity index (χ0) is 29.0. The quantitative estimate of drug-likeness (QED) is 0.291. The van der Waals surface area contributed by atoms with E-state index in [4.69, 9.17) is 0 Å². The van der Waals surface area contributed by atoms with Gasteiger partial charge in [0, 0.05) is 29.5 Å². The van der Waals surface area contributed by atoms with Crippen LogP contribution in [-0.4, -0.2) is 17.1 Å². The van der Waals surface area contributed by atoms with Gasteiger partial charge in [-0.1, -0.05) is 85.7 Å². The van der Waals surface area contributed by atoms with Gasteiger partial charge >= 0.3 is 0 Å². The van der Waals surface area contributed by atoms with Gasteiger partial charge in [-0.25, -0.2) is 0 Å². The van der Waals surface area contributed by atoms with E-state index in [9.17, 15) is 9.90 Å². The van der Waals surface area contributed by atoms with Gasteiger partial charge in [0.15, 0.2) is 0 Å². The summed E-state index contributed by atoms with van der Waals surface area (Å²) in [7, 11) is 0. The summed E-state index contributed by atoms with van der Waals surface area (Å²) < 4.78 is 0. The van der Waals surface area contributed by atoms with E-state index in [1.807, 2.05) is 59.5 Å². The predicted octanol–water partition coefficient (Wildman–Crippen LogP) is 9.13. The van der Waals surface area contributed by atoms with E-state index in [1.165, 1.54) is 0 Å². The number of carbonyl (C=O) groups is 1. The van der Waals surface area contributed by atoms with E-state index in [2.05, 4.69) is 79.8 Å². The highest BCUT2D eigenvalue weighted by molar-refractivity contribution is 5.94. The molecular formula is C35H48N2O2. The smallest absolute Gasteiger partial charge is 0.227 e. The number of phenols is 1. The summed E-state index contributed by atoms with van der Waals surface area (Å²) >= 11 is 0. The maximum Gasteiger partial charge on any atom is 0.227 e. The Morgan fingerprint density at radius 2 is 1.33 bits per heavy atom. The van der Waals surface area contributed by atoms with Crippen molar-refractivity contribution in [1.29, 1.82) is 0 Å². The van der Waals surface area contributed by atoms with Crippen LogP contribution in [0.5, 0.6) is 5.75 Å². The van der Waals surface area contributed by atoms with Crippen LogP contribution in [0.2, 0.25) is 0 Å². The number of para-hydroxylation sites is 1. The van der Waals surface area contributed by atoms with Crippen molar-refractivity contribution in [3.05, 3.63) is 83.4 Å². The molecule has 2 N–H and O–H groups in total. The number of hydrogen-bond acceptors (Lipinski definition) is 3. The molecule has 0 aliphatic rings. The Labute approximate surface area is 236 Å². The summed E-state index contributed by atoms with van der Waals surface area (Å²) in [5.41, 5.74) is 5.51. The van der Waals surface area contributed by atoms with E-state index in [0.717, 1.165) is 40.2 Å². The molecule has 0 spiro atoms. The fourth-order valence-electron chi connectivity index (χ4n) is 5.18. The van der Waals surface area contributed by atoms with Gasteiger partial charge in [0.05, 0.1) is 0 Å². The molecule has 39 heavy (non-hydrogen) atoms. The highest BCUT2D eigenvalue weighted by Crippen LogP contribution is 2.40. The summed E-state index contributed by atoms with van der Waals surface area (Å²) in [4.78, 5) is 15.8. The molecule has 0 heterocycles. The first kappa shape index (κ1) is 30.3. The van der Waals surface area contributed by atoms with E-state index in [-0.39, 0.29) is 22.8 Å². The van der Waals surface area contributed by atoms with Gasteiger partial charge in [0.2, 0.25) is 5.91 Å². The molecule has 0 fully saturated rings. The number of phenolic OH excluding ortho intramolecular Hbond substituents is 1. The van der Waals surface area contributed by atoms with Gasteiger partial charge in [0.25, 0.3) is 0 Å². The van der Waals surface area contributed by atoms with Crippen LogP contribution in [0, 0.1) is 5.92 Å². The van der Waals surface area contributed by atoms with E-state index >= 15 is 0 Å². The fourth-order valence-corrected chi connectivity index (χ4v) is 5.18. The maximum atomic E-state index is 13.8. The third-order valence-corrected chi connectivity index (χ3v) is 7.14. The van der Waals surface area contributed by atoms with Crippen LogP contribution >= 0.6 is 0 Å². The molecule has 3 aromatic rings. The van der Waals surface area contributed by atoms with Gasteiger partial charge in [-0.2, -0.15) is 0 Å². The Kier molecular flexibility index (Phi) is 9.53. The number of carbonyl (C=O) groups excluding carboxylic acids is 1. The molecule has 1 amide bonds. The van der Waals surface area contributed by atoms with Gasteiger partial charge in [-0.3, -0.25) is 4.79 Å². The third kappa shape index (κ3) is 8.11. The number of nitrogens with one attached hydrogen (secondary N) is 1. The summed E-state index contributed by atoms with van der Waals surface area (Å²) in [6.07, 6.45) is 1.96. The molecule has 3 rings (SSSR count). The largest absolute Gasteiger partial charge is 0.507 e. The monoisotopic (exact) mass is 528 g/mol. The highest BCUT2D eigenvalue weighted by atomic mass is 16.3. The topological polar surface area (TPSA) is 52.6 Å². The number of aryl methyl sites for hydroxylation is 1. The van der Waals surface area contributed by atoms with Gasteiger partial charge in [0.1, 0.15) is 5.75 Å². The van der Waals surface area contributed by atoms with Gasteiger partial charge in [-0.15, -0.1) is 0 Å². The molecular weight excluding hydrogens is 480 g/mol. The van der Waals surface area contributed by atoms with Crippen molar-refractivity contribution in [1.82, 2.24) is 0 Å². The maximum absolute atomic E-state index is 13.8. The second-order valence-corrected chi connectivity index (χ2v) is 13.3. The van der Waals surface area contributed by atoms with E-state index in [1.54, 1.807) is 0 Å². The molecule has 0 saturated heterocycles. The molecule has 1 unspecified atom stereocenters. The lowest BCUT2D eigenvalue weighted by atomic mass is 9.78. The van der Waals surface area contributed by atoms with Crippen LogP contribution in [-0.2, 0) is 22.0 Å². The summed E-state index contributed by atoms with van der Waals surface area (Å²) in [6, 6.07) is 22.5. The lowest BCUT2D eigenvalue weighted by molar-refractivity contribution is -0.119. The number of amides is 1. The van der Waals surface area contributed by atoms with Crippen molar-refractivity contribution < 1.29 is 9.90 Å². The zero-order valence-electron chi connectivity index (χ0n) is 25.4. The first-order chi connectivity index (χ1) is 18.2. The molecule has 0 saturated carbocycles. The lowest BCUT2D eigenvalue weighted by Crippen LogP contribution is -2.39. The van der Waals surface area contributed by atoms with Gasteiger partial charge < -0.3 is 15.3 Å². The third-order valence-electron chi connectivity index (χ3n) is 7.14. The highest BCUT2D eigenvalue weighted by Gasteiger charge is 2.27. The Bertz CT molecular complexity index is 1200. The molecule has 0 bridgehead atoms. The molecule has 210 valence electrons. The molecule has 0 aromatic heterocycles. The normalized spacial score (nSPS) is 12.9. The molecule has 0 aliphatic carbocycles. The predicted molar refractivity (Wildman–Crippen MR) is 166 cm³/mol. The first-order valence-electron chi connectivity index (χ1n) is 14.3. The molecule has 4 heteroatoms. The molecule has 0 aliphatic heterocycles. The molecule has 3 aromatic carbocycles. The van der Waals surface area contributed by atoms with Crippen molar-refractivity contribution >= 4 is 23.0 Å². The Morgan fingerprint density at radius 3 is 1.82 bits per heavy atom. The molecule has 1 atom stereocenters. The summed E-state index contributed by atoms with van der Waals surface area (Å²) in [5.74, 6) is 0.978. The second-order valence-electron chi connectivity index (χ2n) is 13.3. The molecule has 0 radical (unpaired) electrons. The standard InChI is InChI=1S/C35H48N2O2/c1-24(2)21-25(3)37(29-18-16-28(17-19-29)36-27-13-11-10-12-14-27)32(38)20-15-26-22-30(34(4,5)6)33(39)31(23-26)35(7,8)9/h10-14,16-19,22-25,36,39H,15,20-21H2,1-9H3. The first-order valence-corrected chi connectivity index (χ1v) is 14.3. The molecule has 4 nitrogen and oxygen atoms in total. The van der Waals surface area contributed by atoms with Crippen LogP contribution in [0.25, 0.3) is 0 Å². The number of hydrogen-bond donors (Lipinski definition) is 2. The SMILES string of the molecule is CC(C)CC(C)N(C(=O)CCc1cc(C(C)(C)C)c(O)c(C(C)(C)C)c1)c1ccc(Nc2ccccc2)cc1. The second kappa shape index (κ2) is 12.3. The number of anilines is 3. The minimum Gasteiger partial charge on any atom is -0.507 e. The number of nitrogens with zero attached hydrogens (tertiary/aromatic N) is 1. The Morgan fingerprint density at radius 1 is 0.821 bits per heavy atom. The lowest BCUT2D eigenvalue weighted by Gasteiger charge is -2.31. The van der Waals surface area contributed by atoms with Crippen LogP contribution < -0.4 is 10.2 Å². The van der Waals surface area contributed by atoms with Crippen molar-refractivity contribution in [2.75, 3.05) is 10.2 Å². The number of benzene rings is 3. The van der Waals surface area contributed by atoms with Crippen LogP contribution in [0.15, 0.2) is 66.7 Å². The van der Waals surface area contributed by atoms with Crippen LogP contribution in [0.1, 0.15) is 91.8 Å². The van der Waals surface area contributed by atoms with Crippen LogP contribution in [0.3, 0.4) is 0 Å². The van der Waals surface area contributed by atoms with E-state index in [0.29, 0.717) is 24.5 Å². The van der Waals surface area contributed by atoms with Crippen molar-refractivity contribution in [2.45, 2.75) is 98.4 Å². The fraction of sp³-hybridized carbons (Fsp3) is 0.457. The summed E-state index contributed by atoms with van der Waals surface area (Å²) in [5, 5.41) is 14.5. The Hall–Kier alpha value is -3.27. The average Bonchev–Trinajstić information content (AvgIpc) is 2.83. The number of aromatic hydroxyl groups is 1. The van der Waals surface area contributed by atoms with Crippen molar-refractivity contribution in [2.24, 2.45) is 5.92 Å².